The number of sulfone groups is 1. The second kappa shape index (κ2) is 6.25. The Hall–Kier alpha value is 0.240. The fourth-order valence-electron chi connectivity index (χ4n) is 1.43. The van der Waals surface area contributed by atoms with Crippen LogP contribution in [0.5, 0.6) is 0 Å². The maximum absolute atomic E-state index is 11.8. The molecule has 0 aromatic carbocycles. The fourth-order valence-corrected chi connectivity index (χ4v) is 3.10. The van der Waals surface area contributed by atoms with Crippen molar-refractivity contribution in [3.8, 4) is 0 Å². The fraction of sp³-hybridized carbons (Fsp3) is 1.00. The van der Waals surface area contributed by atoms with Gasteiger partial charge in [0.2, 0.25) is 0 Å². The molecule has 0 N–H and O–H groups in total. The predicted molar refractivity (Wildman–Crippen MR) is 71.9 cm³/mol. The molecule has 16 heavy (non-hydrogen) atoms. The van der Waals surface area contributed by atoms with Gasteiger partial charge in [0.15, 0.2) is 9.84 Å². The van der Waals surface area contributed by atoms with Gasteiger partial charge in [0.25, 0.3) is 0 Å². The number of alkyl halides is 1. The van der Waals surface area contributed by atoms with Crippen molar-refractivity contribution in [1.82, 2.24) is 0 Å². The van der Waals surface area contributed by atoms with Crippen LogP contribution in [-0.4, -0.2) is 24.3 Å². The summed E-state index contributed by atoms with van der Waals surface area (Å²) in [6, 6.07) is 0. The standard InChI is InChI=1S/C12H25ClO2S/c1-10(2)9-11(13)7-6-8-16(14,15)12(3,4)5/h10-11H,6-9H2,1-5H3. The number of hydrogen-bond acceptors (Lipinski definition) is 2. The van der Waals surface area contributed by atoms with Gasteiger partial charge in [0.05, 0.1) is 10.5 Å². The Balaban J connectivity index is 4.00. The Kier molecular flexibility index (Phi) is 6.34. The molecular weight excluding hydrogens is 244 g/mol. The molecule has 0 saturated carbocycles. The lowest BCUT2D eigenvalue weighted by Crippen LogP contribution is -2.30. The van der Waals surface area contributed by atoms with Gasteiger partial charge in [-0.1, -0.05) is 13.8 Å². The maximum Gasteiger partial charge on any atom is 0.155 e. The van der Waals surface area contributed by atoms with Crippen LogP contribution in [0.2, 0.25) is 0 Å². The molecule has 1 unspecified atom stereocenters. The van der Waals surface area contributed by atoms with E-state index in [0.29, 0.717) is 12.3 Å². The summed E-state index contributed by atoms with van der Waals surface area (Å²) in [4.78, 5) is 0. The first-order valence-electron chi connectivity index (χ1n) is 5.92. The summed E-state index contributed by atoms with van der Waals surface area (Å²) in [5, 5.41) is 0.107. The normalized spacial score (nSPS) is 15.4. The van der Waals surface area contributed by atoms with Crippen molar-refractivity contribution in [2.75, 3.05) is 5.75 Å². The Morgan fingerprint density at radius 1 is 1.19 bits per heavy atom. The van der Waals surface area contributed by atoms with Gasteiger partial charge in [0.1, 0.15) is 0 Å². The molecule has 0 aliphatic heterocycles. The van der Waals surface area contributed by atoms with Gasteiger partial charge >= 0.3 is 0 Å². The van der Waals surface area contributed by atoms with Gasteiger partial charge in [-0.25, -0.2) is 8.42 Å². The van der Waals surface area contributed by atoms with Crippen LogP contribution in [0.3, 0.4) is 0 Å². The average molecular weight is 269 g/mol. The first-order valence-corrected chi connectivity index (χ1v) is 8.01. The zero-order chi connectivity index (χ0) is 13.0. The molecule has 0 rings (SSSR count). The van der Waals surface area contributed by atoms with E-state index in [2.05, 4.69) is 13.8 Å². The van der Waals surface area contributed by atoms with Crippen molar-refractivity contribution in [2.45, 2.75) is 64.0 Å². The quantitative estimate of drug-likeness (QED) is 0.690. The average Bonchev–Trinajstić information content (AvgIpc) is 1.99. The van der Waals surface area contributed by atoms with Crippen LogP contribution < -0.4 is 0 Å². The van der Waals surface area contributed by atoms with Gasteiger partial charge in [-0.15, -0.1) is 11.6 Å². The molecule has 0 heterocycles. The first-order chi connectivity index (χ1) is 7.06. The highest BCUT2D eigenvalue weighted by Gasteiger charge is 2.28. The second-order valence-corrected chi connectivity index (χ2v) is 9.28. The summed E-state index contributed by atoms with van der Waals surface area (Å²) in [5.41, 5.74) is 0. The van der Waals surface area contributed by atoms with Gasteiger partial charge in [-0.05, 0) is 46.0 Å². The lowest BCUT2D eigenvalue weighted by atomic mass is 10.1. The molecule has 0 aliphatic carbocycles. The molecule has 2 nitrogen and oxygen atoms in total. The zero-order valence-electron chi connectivity index (χ0n) is 11.1. The second-order valence-electron chi connectivity index (χ2n) is 5.80. The van der Waals surface area contributed by atoms with Crippen LogP contribution in [0.4, 0.5) is 0 Å². The Morgan fingerprint density at radius 2 is 1.69 bits per heavy atom. The topological polar surface area (TPSA) is 34.1 Å². The molecule has 0 aromatic rings. The van der Waals surface area contributed by atoms with Crippen molar-refractivity contribution in [3.63, 3.8) is 0 Å². The third-order valence-electron chi connectivity index (χ3n) is 2.59. The highest BCUT2D eigenvalue weighted by molar-refractivity contribution is 7.92. The molecule has 98 valence electrons. The minimum atomic E-state index is -2.98. The third-order valence-corrected chi connectivity index (χ3v) is 5.68. The molecule has 1 atom stereocenters. The van der Waals surface area contributed by atoms with Crippen LogP contribution in [0.15, 0.2) is 0 Å². The summed E-state index contributed by atoms with van der Waals surface area (Å²) in [7, 11) is -2.98. The smallest absolute Gasteiger partial charge is 0.155 e. The highest BCUT2D eigenvalue weighted by atomic mass is 35.5. The van der Waals surface area contributed by atoms with Gasteiger partial charge < -0.3 is 0 Å². The minimum Gasteiger partial charge on any atom is -0.228 e. The predicted octanol–water partition coefficient (Wildman–Crippen LogP) is 3.63. The number of halogens is 1. The van der Waals surface area contributed by atoms with Crippen molar-refractivity contribution in [1.29, 1.82) is 0 Å². The lowest BCUT2D eigenvalue weighted by Gasteiger charge is -2.19. The Morgan fingerprint density at radius 3 is 2.06 bits per heavy atom. The maximum atomic E-state index is 11.8. The van der Waals surface area contributed by atoms with Crippen LogP contribution in [0.25, 0.3) is 0 Å². The summed E-state index contributed by atoms with van der Waals surface area (Å²) >= 11 is 6.12. The van der Waals surface area contributed by atoms with E-state index in [0.717, 1.165) is 12.8 Å². The van der Waals surface area contributed by atoms with Crippen LogP contribution in [0.1, 0.15) is 53.9 Å². The molecule has 0 fully saturated rings. The van der Waals surface area contributed by atoms with E-state index >= 15 is 0 Å². The van der Waals surface area contributed by atoms with E-state index in [9.17, 15) is 8.42 Å². The van der Waals surface area contributed by atoms with E-state index in [1.807, 2.05) is 0 Å². The SMILES string of the molecule is CC(C)CC(Cl)CCCS(=O)(=O)C(C)(C)C. The number of rotatable bonds is 6. The van der Waals surface area contributed by atoms with Gasteiger partial charge in [0, 0.05) is 5.38 Å². The molecule has 0 radical (unpaired) electrons. The number of hydrogen-bond donors (Lipinski definition) is 0. The zero-order valence-corrected chi connectivity index (χ0v) is 12.7. The van der Waals surface area contributed by atoms with E-state index in [4.69, 9.17) is 11.6 Å². The van der Waals surface area contributed by atoms with Crippen molar-refractivity contribution in [2.24, 2.45) is 5.92 Å². The van der Waals surface area contributed by atoms with E-state index in [-0.39, 0.29) is 11.1 Å². The molecular formula is C12H25ClO2S. The van der Waals surface area contributed by atoms with Crippen LogP contribution >= 0.6 is 11.6 Å². The lowest BCUT2D eigenvalue weighted by molar-refractivity contribution is 0.531. The van der Waals surface area contributed by atoms with E-state index in [1.54, 1.807) is 20.8 Å². The minimum absolute atomic E-state index is 0.107. The highest BCUT2D eigenvalue weighted by Crippen LogP contribution is 2.20. The van der Waals surface area contributed by atoms with Crippen LogP contribution in [-0.2, 0) is 9.84 Å². The largest absolute Gasteiger partial charge is 0.228 e. The molecule has 0 aliphatic rings. The first kappa shape index (κ1) is 16.2. The molecule has 0 bridgehead atoms. The molecule has 4 heteroatoms. The summed E-state index contributed by atoms with van der Waals surface area (Å²) in [6.07, 6.45) is 2.41. The Bertz CT molecular complexity index is 289. The molecule has 0 aromatic heterocycles. The summed E-state index contributed by atoms with van der Waals surface area (Å²) in [6.45, 7) is 9.49. The monoisotopic (exact) mass is 268 g/mol. The molecule has 0 amide bonds. The summed E-state index contributed by atoms with van der Waals surface area (Å²) in [5.74, 6) is 0.819. The molecule has 0 saturated heterocycles. The van der Waals surface area contributed by atoms with Crippen molar-refractivity contribution < 1.29 is 8.42 Å². The summed E-state index contributed by atoms with van der Waals surface area (Å²) < 4.78 is 23.0. The Labute approximate surface area is 106 Å². The molecule has 0 spiro atoms. The van der Waals surface area contributed by atoms with E-state index in [1.165, 1.54) is 0 Å². The van der Waals surface area contributed by atoms with Gasteiger partial charge in [-0.3, -0.25) is 0 Å². The van der Waals surface area contributed by atoms with E-state index < -0.39 is 14.6 Å². The third kappa shape index (κ3) is 6.09. The van der Waals surface area contributed by atoms with Crippen molar-refractivity contribution in [3.05, 3.63) is 0 Å². The van der Waals surface area contributed by atoms with Crippen LogP contribution in [0, 0.1) is 5.92 Å². The van der Waals surface area contributed by atoms with Gasteiger partial charge in [-0.2, -0.15) is 0 Å². The van der Waals surface area contributed by atoms with Crippen molar-refractivity contribution >= 4 is 21.4 Å².